The van der Waals surface area contributed by atoms with Crippen LogP contribution in [0.1, 0.15) is 41.0 Å². The van der Waals surface area contributed by atoms with Gasteiger partial charge in [-0.15, -0.1) is 11.8 Å². The minimum atomic E-state index is -1.15. The van der Waals surface area contributed by atoms with Crippen LogP contribution in [-0.4, -0.2) is 69.4 Å². The van der Waals surface area contributed by atoms with Crippen molar-refractivity contribution in [2.75, 3.05) is 12.4 Å². The maximum Gasteiger partial charge on any atom is 0.341 e. The molecule has 0 saturated carbocycles. The van der Waals surface area contributed by atoms with E-state index in [0.717, 1.165) is 0 Å². The van der Waals surface area contributed by atoms with Crippen LogP contribution in [0.3, 0.4) is 0 Å². The molecule has 1 aliphatic rings. The monoisotopic (exact) mass is 390 g/mol. The predicted octanol–water partition coefficient (Wildman–Crippen LogP) is 0.414. The number of nitrogens with zero attached hydrogens (tertiary/aromatic N) is 1. The Bertz CT molecular complexity index is 545. The lowest BCUT2D eigenvalue weighted by Crippen LogP contribution is -2.46. The maximum absolute atomic E-state index is 12.2. The molecule has 26 heavy (non-hydrogen) atoms. The number of nitrogens with one attached hydrogen (secondary N) is 1. The lowest BCUT2D eigenvalue weighted by Gasteiger charge is -2.30. The molecule has 2 unspecified atom stereocenters. The second kappa shape index (κ2) is 10.8. The van der Waals surface area contributed by atoms with Crippen molar-refractivity contribution >= 4 is 41.9 Å². The first-order chi connectivity index (χ1) is 11.9. The van der Waals surface area contributed by atoms with Gasteiger partial charge in [-0.1, -0.05) is 0 Å². The SMILES string of the molecule is CC(=O)NC(C)CSC1CC(=O)N(C(C)(C)C)C1=O.O=COCC(=O)O. The van der Waals surface area contributed by atoms with Gasteiger partial charge in [-0.2, -0.15) is 0 Å². The molecule has 2 N–H and O–H groups in total. The molecular formula is C16H26N2O7S. The number of hydrogen-bond acceptors (Lipinski definition) is 7. The highest BCUT2D eigenvalue weighted by molar-refractivity contribution is 8.00. The summed E-state index contributed by atoms with van der Waals surface area (Å²) in [4.78, 5) is 55.0. The van der Waals surface area contributed by atoms with Gasteiger partial charge in [0.25, 0.3) is 6.47 Å². The number of amides is 3. The highest BCUT2D eigenvalue weighted by Gasteiger charge is 2.44. The molecule has 148 valence electrons. The Hall–Kier alpha value is -2.10. The molecule has 0 spiro atoms. The van der Waals surface area contributed by atoms with E-state index in [2.05, 4.69) is 10.1 Å². The van der Waals surface area contributed by atoms with Crippen LogP contribution in [0.5, 0.6) is 0 Å². The van der Waals surface area contributed by atoms with E-state index in [-0.39, 0.29) is 41.9 Å². The largest absolute Gasteiger partial charge is 0.479 e. The molecular weight excluding hydrogens is 364 g/mol. The first-order valence-electron chi connectivity index (χ1n) is 7.92. The predicted molar refractivity (Wildman–Crippen MR) is 95.4 cm³/mol. The van der Waals surface area contributed by atoms with Gasteiger partial charge in [-0.25, -0.2) is 4.79 Å². The van der Waals surface area contributed by atoms with Crippen LogP contribution < -0.4 is 5.32 Å². The normalized spacial score (nSPS) is 17.9. The average molecular weight is 390 g/mol. The van der Waals surface area contributed by atoms with Crippen molar-refractivity contribution < 1.29 is 33.8 Å². The van der Waals surface area contributed by atoms with Crippen molar-refractivity contribution in [1.29, 1.82) is 0 Å². The highest BCUT2D eigenvalue weighted by atomic mass is 32.2. The fourth-order valence-corrected chi connectivity index (χ4v) is 3.31. The zero-order valence-electron chi connectivity index (χ0n) is 15.6. The lowest BCUT2D eigenvalue weighted by atomic mass is 10.1. The third-order valence-corrected chi connectivity index (χ3v) is 4.51. The van der Waals surface area contributed by atoms with E-state index in [1.165, 1.54) is 23.6 Å². The number of carbonyl (C=O) groups is 5. The molecule has 3 amide bonds. The summed E-state index contributed by atoms with van der Waals surface area (Å²) in [5, 5.41) is 10.2. The van der Waals surface area contributed by atoms with Crippen LogP contribution in [0.25, 0.3) is 0 Å². The fraction of sp³-hybridized carbons (Fsp3) is 0.688. The first-order valence-corrected chi connectivity index (χ1v) is 8.97. The number of imide groups is 1. The Labute approximate surface area is 156 Å². The molecule has 1 rings (SSSR count). The van der Waals surface area contributed by atoms with Gasteiger partial charge in [0, 0.05) is 30.7 Å². The number of carboxylic acids is 1. The van der Waals surface area contributed by atoms with Gasteiger partial charge in [-0.3, -0.25) is 24.1 Å². The number of hydrogen-bond donors (Lipinski definition) is 2. The molecule has 0 aliphatic carbocycles. The fourth-order valence-electron chi connectivity index (χ4n) is 2.19. The highest BCUT2D eigenvalue weighted by Crippen LogP contribution is 2.30. The number of aliphatic carboxylic acids is 1. The second-order valence-electron chi connectivity index (χ2n) is 6.67. The smallest absolute Gasteiger partial charge is 0.341 e. The van der Waals surface area contributed by atoms with E-state index in [4.69, 9.17) is 5.11 Å². The lowest BCUT2D eigenvalue weighted by molar-refractivity contribution is -0.147. The van der Waals surface area contributed by atoms with Crippen LogP contribution in [0.4, 0.5) is 0 Å². The Balaban J connectivity index is 0.000000758. The number of likely N-dealkylation sites (tertiary alicyclic amines) is 1. The Morgan fingerprint density at radius 1 is 1.42 bits per heavy atom. The molecule has 0 aromatic rings. The molecule has 0 aromatic heterocycles. The molecule has 0 aromatic carbocycles. The van der Waals surface area contributed by atoms with E-state index >= 15 is 0 Å². The summed E-state index contributed by atoms with van der Waals surface area (Å²) in [7, 11) is 0. The molecule has 1 fully saturated rings. The third kappa shape index (κ3) is 8.84. The van der Waals surface area contributed by atoms with E-state index < -0.39 is 18.1 Å². The van der Waals surface area contributed by atoms with Gasteiger partial charge >= 0.3 is 5.97 Å². The summed E-state index contributed by atoms with van der Waals surface area (Å²) < 4.78 is 3.81. The van der Waals surface area contributed by atoms with Crippen LogP contribution in [0, 0.1) is 0 Å². The number of ether oxygens (including phenoxy) is 1. The van der Waals surface area contributed by atoms with Gasteiger partial charge in [-0.05, 0) is 27.7 Å². The summed E-state index contributed by atoms with van der Waals surface area (Å²) in [6, 6.07) is -0.00547. The average Bonchev–Trinajstić information content (AvgIpc) is 2.76. The Morgan fingerprint density at radius 2 is 2.00 bits per heavy atom. The van der Waals surface area contributed by atoms with E-state index in [0.29, 0.717) is 5.75 Å². The molecule has 10 heteroatoms. The van der Waals surface area contributed by atoms with E-state index in [1.54, 1.807) is 0 Å². The van der Waals surface area contributed by atoms with Crippen molar-refractivity contribution in [3.05, 3.63) is 0 Å². The summed E-state index contributed by atoms with van der Waals surface area (Å²) in [5.41, 5.74) is -0.466. The van der Waals surface area contributed by atoms with Crippen LogP contribution >= 0.6 is 11.8 Å². The molecule has 0 radical (unpaired) electrons. The third-order valence-electron chi connectivity index (χ3n) is 3.05. The van der Waals surface area contributed by atoms with Crippen molar-refractivity contribution in [3.63, 3.8) is 0 Å². The standard InChI is InChI=1S/C13H22N2O3S.C3H4O4/c1-8(14-9(2)16)7-19-10-6-11(17)15(12(10)18)13(3,4)5;4-2-7-1-3(5)6/h8,10H,6-7H2,1-5H3,(H,14,16);2H,1H2,(H,5,6). The van der Waals surface area contributed by atoms with Gasteiger partial charge in [0.1, 0.15) is 0 Å². The van der Waals surface area contributed by atoms with Gasteiger partial charge in [0.15, 0.2) is 6.61 Å². The zero-order chi connectivity index (χ0) is 20.5. The molecule has 2 atom stereocenters. The van der Waals surface area contributed by atoms with Crippen LogP contribution in [-0.2, 0) is 28.7 Å². The quantitative estimate of drug-likeness (QED) is 0.472. The summed E-state index contributed by atoms with van der Waals surface area (Å²) >= 11 is 1.44. The molecule has 9 nitrogen and oxygen atoms in total. The molecule has 1 saturated heterocycles. The second-order valence-corrected chi connectivity index (χ2v) is 7.90. The maximum atomic E-state index is 12.2. The van der Waals surface area contributed by atoms with Gasteiger partial charge in [0.2, 0.25) is 17.7 Å². The van der Waals surface area contributed by atoms with Gasteiger partial charge < -0.3 is 15.2 Å². The number of rotatable bonds is 7. The number of thioether (sulfide) groups is 1. The Kier molecular flexibility index (Phi) is 9.92. The van der Waals surface area contributed by atoms with Crippen molar-refractivity contribution in [3.8, 4) is 0 Å². The topological polar surface area (TPSA) is 130 Å². The molecule has 0 bridgehead atoms. The van der Waals surface area contributed by atoms with E-state index in [1.807, 2.05) is 27.7 Å². The van der Waals surface area contributed by atoms with Crippen LogP contribution in [0.2, 0.25) is 0 Å². The first kappa shape index (κ1) is 23.9. The van der Waals surface area contributed by atoms with Crippen molar-refractivity contribution in [2.45, 2.75) is 57.9 Å². The minimum Gasteiger partial charge on any atom is -0.479 e. The summed E-state index contributed by atoms with van der Waals surface area (Å²) in [5.74, 6) is -0.827. The molecule has 1 aliphatic heterocycles. The number of carboxylic acid groups (broad SMARTS) is 1. The number of carbonyl (C=O) groups excluding carboxylic acids is 4. The minimum absolute atomic E-state index is 0.00547. The van der Waals surface area contributed by atoms with E-state index in [9.17, 15) is 24.0 Å². The Morgan fingerprint density at radius 3 is 2.35 bits per heavy atom. The van der Waals surface area contributed by atoms with Crippen molar-refractivity contribution in [1.82, 2.24) is 10.2 Å². The van der Waals surface area contributed by atoms with Crippen LogP contribution in [0.15, 0.2) is 0 Å². The zero-order valence-corrected chi connectivity index (χ0v) is 16.4. The molecule has 1 heterocycles. The summed E-state index contributed by atoms with van der Waals surface area (Å²) in [6.07, 6.45) is 0.258. The van der Waals surface area contributed by atoms with Crippen molar-refractivity contribution in [2.24, 2.45) is 0 Å². The van der Waals surface area contributed by atoms with Gasteiger partial charge in [0.05, 0.1) is 5.25 Å². The summed E-state index contributed by atoms with van der Waals surface area (Å²) in [6.45, 7) is 8.46.